The van der Waals surface area contributed by atoms with Crippen molar-refractivity contribution < 1.29 is 14.7 Å². The summed E-state index contributed by atoms with van der Waals surface area (Å²) in [6.45, 7) is 5.47. The molecule has 1 heterocycles. The number of carbonyl (C=O) groups is 2. The van der Waals surface area contributed by atoms with Crippen molar-refractivity contribution in [3.63, 3.8) is 0 Å². The molecule has 0 aromatic rings. The lowest BCUT2D eigenvalue weighted by atomic mass is 9.96. The van der Waals surface area contributed by atoms with Gasteiger partial charge in [0.25, 0.3) is 0 Å². The van der Waals surface area contributed by atoms with Crippen LogP contribution in [0.2, 0.25) is 0 Å². The van der Waals surface area contributed by atoms with Crippen LogP contribution in [0.25, 0.3) is 0 Å². The second-order valence-electron chi connectivity index (χ2n) is 4.50. The van der Waals surface area contributed by atoms with E-state index in [1.807, 2.05) is 13.8 Å². The van der Waals surface area contributed by atoms with E-state index in [9.17, 15) is 9.59 Å². The van der Waals surface area contributed by atoms with Crippen LogP contribution in [0.5, 0.6) is 0 Å². The third-order valence-corrected chi connectivity index (χ3v) is 3.14. The average molecular weight is 228 g/mol. The summed E-state index contributed by atoms with van der Waals surface area (Å²) in [7, 11) is 0. The Kier molecular flexibility index (Phi) is 4.73. The lowest BCUT2D eigenvalue weighted by Crippen LogP contribution is -2.49. The summed E-state index contributed by atoms with van der Waals surface area (Å²) in [6, 6.07) is -0.759. The summed E-state index contributed by atoms with van der Waals surface area (Å²) in [5.74, 6) is -0.777. The van der Waals surface area contributed by atoms with Gasteiger partial charge in [0.1, 0.15) is 6.04 Å². The first-order valence-electron chi connectivity index (χ1n) is 5.77. The summed E-state index contributed by atoms with van der Waals surface area (Å²) in [6.07, 6.45) is 1.16. The van der Waals surface area contributed by atoms with E-state index in [4.69, 9.17) is 5.11 Å². The van der Waals surface area contributed by atoms with Gasteiger partial charge < -0.3 is 15.7 Å². The van der Waals surface area contributed by atoms with E-state index >= 15 is 0 Å². The minimum Gasteiger partial charge on any atom is -0.480 e. The Morgan fingerprint density at radius 3 is 2.50 bits per heavy atom. The molecule has 1 aliphatic rings. The van der Waals surface area contributed by atoms with Gasteiger partial charge in [0, 0.05) is 6.42 Å². The van der Waals surface area contributed by atoms with E-state index in [1.54, 1.807) is 0 Å². The van der Waals surface area contributed by atoms with Crippen molar-refractivity contribution in [2.75, 3.05) is 13.1 Å². The molecule has 1 aliphatic heterocycles. The quantitative estimate of drug-likeness (QED) is 0.607. The highest BCUT2D eigenvalue weighted by Gasteiger charge is 2.27. The number of nitrogens with one attached hydrogen (secondary N) is 2. The lowest BCUT2D eigenvalue weighted by Gasteiger charge is -2.27. The molecule has 5 heteroatoms. The molecule has 0 aliphatic carbocycles. The number of aliphatic carboxylic acids is 1. The number of hydrogen-bond donors (Lipinski definition) is 3. The molecule has 2 atom stereocenters. The van der Waals surface area contributed by atoms with Crippen LogP contribution < -0.4 is 10.6 Å². The zero-order valence-electron chi connectivity index (χ0n) is 9.82. The summed E-state index contributed by atoms with van der Waals surface area (Å²) >= 11 is 0. The highest BCUT2D eigenvalue weighted by Crippen LogP contribution is 2.11. The van der Waals surface area contributed by atoms with Crippen molar-refractivity contribution in [3.05, 3.63) is 0 Å². The van der Waals surface area contributed by atoms with Gasteiger partial charge in [-0.1, -0.05) is 20.3 Å². The number of amides is 1. The first-order chi connectivity index (χ1) is 7.54. The Balaban J connectivity index is 2.40. The van der Waals surface area contributed by atoms with Crippen LogP contribution in [0, 0.1) is 11.8 Å². The molecule has 2 unspecified atom stereocenters. The van der Waals surface area contributed by atoms with Gasteiger partial charge in [-0.05, 0) is 24.9 Å². The summed E-state index contributed by atoms with van der Waals surface area (Å²) in [4.78, 5) is 22.6. The number of hydrogen-bond acceptors (Lipinski definition) is 3. The number of rotatable bonds is 6. The predicted octanol–water partition coefficient (Wildman–Crippen LogP) is 0.211. The summed E-state index contributed by atoms with van der Waals surface area (Å²) in [5.41, 5.74) is 0. The Morgan fingerprint density at radius 1 is 1.50 bits per heavy atom. The molecule has 1 amide bonds. The summed E-state index contributed by atoms with van der Waals surface area (Å²) < 4.78 is 0. The molecular formula is C11H20N2O3. The third-order valence-electron chi connectivity index (χ3n) is 3.14. The fraction of sp³-hybridized carbons (Fsp3) is 0.818. The zero-order chi connectivity index (χ0) is 12.1. The van der Waals surface area contributed by atoms with E-state index in [2.05, 4.69) is 10.6 Å². The number of carboxylic acids is 1. The largest absolute Gasteiger partial charge is 0.480 e. The molecule has 0 saturated carbocycles. The Labute approximate surface area is 95.6 Å². The van der Waals surface area contributed by atoms with Gasteiger partial charge in [0.2, 0.25) is 5.91 Å². The Bertz CT molecular complexity index is 264. The van der Waals surface area contributed by atoms with Crippen LogP contribution >= 0.6 is 0 Å². The van der Waals surface area contributed by atoms with Gasteiger partial charge in [-0.2, -0.15) is 0 Å². The second kappa shape index (κ2) is 5.84. The van der Waals surface area contributed by atoms with E-state index in [-0.39, 0.29) is 11.8 Å². The molecule has 1 saturated heterocycles. The van der Waals surface area contributed by atoms with Gasteiger partial charge in [-0.15, -0.1) is 0 Å². The molecule has 5 nitrogen and oxygen atoms in total. The van der Waals surface area contributed by atoms with Gasteiger partial charge in [0.15, 0.2) is 0 Å². The van der Waals surface area contributed by atoms with E-state index in [0.717, 1.165) is 19.5 Å². The molecule has 1 rings (SSSR count). The average Bonchev–Trinajstić information content (AvgIpc) is 2.18. The van der Waals surface area contributed by atoms with Crippen molar-refractivity contribution in [1.82, 2.24) is 10.6 Å². The molecule has 1 fully saturated rings. The second-order valence-corrected chi connectivity index (χ2v) is 4.50. The van der Waals surface area contributed by atoms with Crippen molar-refractivity contribution >= 4 is 11.9 Å². The fourth-order valence-corrected chi connectivity index (χ4v) is 1.67. The topological polar surface area (TPSA) is 78.4 Å². The van der Waals surface area contributed by atoms with Gasteiger partial charge in [-0.25, -0.2) is 4.79 Å². The van der Waals surface area contributed by atoms with Gasteiger partial charge in [0.05, 0.1) is 0 Å². The maximum absolute atomic E-state index is 11.6. The molecular weight excluding hydrogens is 208 g/mol. The maximum atomic E-state index is 11.6. The van der Waals surface area contributed by atoms with Crippen LogP contribution in [0.15, 0.2) is 0 Å². The monoisotopic (exact) mass is 228 g/mol. The Morgan fingerprint density at radius 2 is 2.12 bits per heavy atom. The van der Waals surface area contributed by atoms with Crippen LogP contribution in [0.1, 0.15) is 26.7 Å². The highest BCUT2D eigenvalue weighted by atomic mass is 16.4. The minimum atomic E-state index is -0.950. The van der Waals surface area contributed by atoms with Crippen molar-refractivity contribution in [3.8, 4) is 0 Å². The zero-order valence-corrected chi connectivity index (χ0v) is 9.82. The standard InChI is InChI=1S/C11H20N2O3/c1-3-7(2)10(11(15)16)13-9(14)4-8-5-12-6-8/h7-8,10,12H,3-6H2,1-2H3,(H,13,14)(H,15,16). The van der Waals surface area contributed by atoms with Crippen molar-refractivity contribution in [1.29, 1.82) is 0 Å². The summed E-state index contributed by atoms with van der Waals surface area (Å²) in [5, 5.41) is 14.7. The van der Waals surface area contributed by atoms with E-state index in [1.165, 1.54) is 0 Å². The third kappa shape index (κ3) is 3.48. The Hall–Kier alpha value is -1.10. The van der Waals surface area contributed by atoms with Crippen molar-refractivity contribution in [2.24, 2.45) is 11.8 Å². The highest BCUT2D eigenvalue weighted by molar-refractivity contribution is 5.83. The van der Waals surface area contributed by atoms with Gasteiger partial charge >= 0.3 is 5.97 Å². The molecule has 92 valence electrons. The van der Waals surface area contributed by atoms with Crippen LogP contribution in [-0.2, 0) is 9.59 Å². The SMILES string of the molecule is CCC(C)C(NC(=O)CC1CNC1)C(=O)O. The normalized spacial score (nSPS) is 19.6. The first kappa shape index (κ1) is 13.0. The first-order valence-corrected chi connectivity index (χ1v) is 5.77. The van der Waals surface area contributed by atoms with E-state index < -0.39 is 12.0 Å². The molecule has 0 aromatic heterocycles. The molecule has 16 heavy (non-hydrogen) atoms. The van der Waals surface area contributed by atoms with Crippen LogP contribution in [0.3, 0.4) is 0 Å². The maximum Gasteiger partial charge on any atom is 0.326 e. The van der Waals surface area contributed by atoms with Crippen molar-refractivity contribution in [2.45, 2.75) is 32.7 Å². The number of carbonyl (C=O) groups excluding carboxylic acids is 1. The smallest absolute Gasteiger partial charge is 0.326 e. The van der Waals surface area contributed by atoms with Crippen LogP contribution in [-0.4, -0.2) is 36.1 Å². The van der Waals surface area contributed by atoms with Gasteiger partial charge in [-0.3, -0.25) is 4.79 Å². The fourth-order valence-electron chi connectivity index (χ4n) is 1.67. The van der Waals surface area contributed by atoms with Crippen LogP contribution in [0.4, 0.5) is 0 Å². The predicted molar refractivity (Wildman–Crippen MR) is 60.0 cm³/mol. The molecule has 0 aromatic carbocycles. The number of carboxylic acid groups (broad SMARTS) is 1. The minimum absolute atomic E-state index is 0.0408. The lowest BCUT2D eigenvalue weighted by molar-refractivity contribution is -0.143. The molecule has 0 radical (unpaired) electrons. The van der Waals surface area contributed by atoms with E-state index in [0.29, 0.717) is 12.3 Å². The molecule has 0 bridgehead atoms. The molecule has 0 spiro atoms. The molecule has 3 N–H and O–H groups in total.